The van der Waals surface area contributed by atoms with Crippen LogP contribution in [0.5, 0.6) is 0 Å². The fourth-order valence-electron chi connectivity index (χ4n) is 5.76. The molecule has 0 radical (unpaired) electrons. The Kier molecular flexibility index (Phi) is 11.8. The van der Waals surface area contributed by atoms with Crippen LogP contribution in [-0.2, 0) is 25.6 Å². The lowest BCUT2D eigenvalue weighted by atomic mass is 9.85. The lowest BCUT2D eigenvalue weighted by Gasteiger charge is -2.40. The van der Waals surface area contributed by atoms with Crippen LogP contribution in [-0.4, -0.2) is 98.7 Å². The molecule has 246 valence electrons. The molecule has 3 aliphatic rings. The summed E-state index contributed by atoms with van der Waals surface area (Å²) < 4.78 is 17.2. The minimum atomic E-state index is -1.33. The average Bonchev–Trinajstić information content (AvgIpc) is 3.63. The van der Waals surface area contributed by atoms with E-state index in [-0.39, 0.29) is 23.3 Å². The van der Waals surface area contributed by atoms with E-state index in [4.69, 9.17) is 5.73 Å². The summed E-state index contributed by atoms with van der Waals surface area (Å²) in [5, 5.41) is 20.1. The van der Waals surface area contributed by atoms with Crippen molar-refractivity contribution >= 4 is 34.8 Å². The molecule has 14 heteroatoms. The van der Waals surface area contributed by atoms with E-state index in [0.29, 0.717) is 44.9 Å². The predicted octanol–water partition coefficient (Wildman–Crippen LogP) is 0.357. The molecule has 3 rings (SSSR count). The molecule has 0 aromatic carbocycles. The number of nitrogens with one attached hydrogen (secondary N) is 4. The summed E-state index contributed by atoms with van der Waals surface area (Å²) in [5.74, 6) is -1.99. The van der Waals surface area contributed by atoms with Crippen LogP contribution >= 0.6 is 0 Å². The van der Waals surface area contributed by atoms with Gasteiger partial charge in [0.05, 0.1) is 12.1 Å². The van der Waals surface area contributed by atoms with E-state index >= 15 is 0 Å². The number of nitrogens with two attached hydrogens (primary N) is 1. The van der Waals surface area contributed by atoms with Gasteiger partial charge >= 0.3 is 6.03 Å². The van der Waals surface area contributed by atoms with Crippen molar-refractivity contribution in [3.05, 3.63) is 0 Å². The number of aliphatic hydroxyl groups excluding tert-OH is 1. The highest BCUT2D eigenvalue weighted by molar-refractivity contribution is 7.80. The molecule has 0 aromatic heterocycles. The van der Waals surface area contributed by atoms with Gasteiger partial charge in [-0.15, -0.1) is 0 Å². The van der Waals surface area contributed by atoms with Crippen molar-refractivity contribution in [1.29, 1.82) is 0 Å². The standard InChI is InChI=1S/C29H53N7O6S/c1-17-11-14-36(21(17)25(39)32-19(15-18-9-10-18)22(37)24(30)38)26(40)23(29(5,6)7)34-27(41)33-20(28(2,3)4)16-35-13-8-12-31-43(35)42/h17-21,23,25,31-32,39H,8-16H2,1-7H3,(H2,30,38)(H2,33,34,41)/t17-,19?,20+,21-,23+,25?,43?/m0/s1. The number of hydrogen-bond acceptors (Lipinski definition) is 7. The van der Waals surface area contributed by atoms with Gasteiger partial charge in [-0.2, -0.15) is 0 Å². The summed E-state index contributed by atoms with van der Waals surface area (Å²) in [7, 11) is 0. The van der Waals surface area contributed by atoms with E-state index in [1.807, 2.05) is 48.5 Å². The van der Waals surface area contributed by atoms with E-state index in [9.17, 15) is 28.5 Å². The maximum atomic E-state index is 14.1. The van der Waals surface area contributed by atoms with Gasteiger partial charge in [-0.1, -0.05) is 61.3 Å². The molecule has 13 nitrogen and oxygen atoms in total. The Hall–Kier alpha value is -2.13. The highest BCUT2D eigenvalue weighted by Crippen LogP contribution is 2.35. The van der Waals surface area contributed by atoms with E-state index in [2.05, 4.69) is 20.7 Å². The minimum absolute atomic E-state index is 0.101. The number of ketones is 1. The van der Waals surface area contributed by atoms with Crippen molar-refractivity contribution in [1.82, 2.24) is 29.9 Å². The fourth-order valence-corrected chi connectivity index (χ4v) is 6.84. The van der Waals surface area contributed by atoms with E-state index < -0.39 is 58.7 Å². The molecule has 1 saturated carbocycles. The molecule has 2 saturated heterocycles. The van der Waals surface area contributed by atoms with Crippen molar-refractivity contribution in [2.75, 3.05) is 26.2 Å². The summed E-state index contributed by atoms with van der Waals surface area (Å²) >= 11 is -1.33. The van der Waals surface area contributed by atoms with Crippen molar-refractivity contribution in [3.63, 3.8) is 0 Å². The van der Waals surface area contributed by atoms with Crippen molar-refractivity contribution in [2.24, 2.45) is 28.4 Å². The second-order valence-corrected chi connectivity index (χ2v) is 15.9. The lowest BCUT2D eigenvalue weighted by Crippen LogP contribution is -2.63. The smallest absolute Gasteiger partial charge is 0.315 e. The molecule has 7 N–H and O–H groups in total. The maximum Gasteiger partial charge on any atom is 0.315 e. The van der Waals surface area contributed by atoms with Crippen LogP contribution in [0.4, 0.5) is 4.79 Å². The van der Waals surface area contributed by atoms with E-state index in [0.717, 1.165) is 19.3 Å². The number of rotatable bonds is 12. The Balaban J connectivity index is 1.74. The molecule has 3 fully saturated rings. The number of urea groups is 1. The second-order valence-electron chi connectivity index (χ2n) is 14.6. The Labute approximate surface area is 258 Å². The van der Waals surface area contributed by atoms with Gasteiger partial charge in [0.1, 0.15) is 12.3 Å². The molecule has 7 atom stereocenters. The van der Waals surface area contributed by atoms with E-state index in [1.165, 1.54) is 0 Å². The predicted molar refractivity (Wildman–Crippen MR) is 164 cm³/mol. The summed E-state index contributed by atoms with van der Waals surface area (Å²) in [4.78, 5) is 53.3. The van der Waals surface area contributed by atoms with Crippen molar-refractivity contribution in [3.8, 4) is 0 Å². The van der Waals surface area contributed by atoms with Crippen LogP contribution in [0.3, 0.4) is 0 Å². The molecule has 1 aliphatic carbocycles. The van der Waals surface area contributed by atoms with Crippen LogP contribution < -0.4 is 26.4 Å². The third kappa shape index (κ3) is 9.68. The number of hydrogen-bond donors (Lipinski definition) is 6. The summed E-state index contributed by atoms with van der Waals surface area (Å²) in [6.45, 7) is 15.6. The Bertz CT molecular complexity index is 1060. The van der Waals surface area contributed by atoms with Crippen LogP contribution in [0.25, 0.3) is 0 Å². The Morgan fingerprint density at radius 2 is 1.67 bits per heavy atom. The summed E-state index contributed by atoms with van der Waals surface area (Å²) in [6, 6.07) is -3.39. The second kappa shape index (κ2) is 14.3. The topological polar surface area (TPSA) is 186 Å². The van der Waals surface area contributed by atoms with Crippen LogP contribution in [0.15, 0.2) is 0 Å². The average molecular weight is 628 g/mol. The van der Waals surface area contributed by atoms with Crippen LogP contribution in [0.2, 0.25) is 0 Å². The Morgan fingerprint density at radius 1 is 1.02 bits per heavy atom. The van der Waals surface area contributed by atoms with Crippen LogP contribution in [0, 0.1) is 22.7 Å². The fraction of sp³-hybridized carbons (Fsp3) is 0.862. The molecule has 0 aromatic rings. The van der Waals surface area contributed by atoms with Crippen molar-refractivity contribution < 1.29 is 28.5 Å². The lowest BCUT2D eigenvalue weighted by molar-refractivity contribution is -0.141. The molecule has 0 bridgehead atoms. The molecule has 43 heavy (non-hydrogen) atoms. The highest BCUT2D eigenvalue weighted by atomic mass is 32.2. The van der Waals surface area contributed by atoms with Gasteiger partial charge < -0.3 is 26.4 Å². The zero-order chi connectivity index (χ0) is 32.3. The molecule has 2 aliphatic heterocycles. The number of Topliss-reactive ketones (excluding diaryl/α,β-unsaturated/α-hetero) is 1. The Morgan fingerprint density at radius 3 is 2.21 bits per heavy atom. The molecular weight excluding hydrogens is 574 g/mol. The summed E-state index contributed by atoms with van der Waals surface area (Å²) in [5.41, 5.74) is 4.25. The largest absolute Gasteiger partial charge is 0.376 e. The first-order chi connectivity index (χ1) is 19.9. The molecule has 0 spiro atoms. The van der Waals surface area contributed by atoms with Gasteiger partial charge in [0, 0.05) is 32.2 Å². The van der Waals surface area contributed by atoms with Gasteiger partial charge in [-0.3, -0.25) is 19.7 Å². The summed E-state index contributed by atoms with van der Waals surface area (Å²) in [6.07, 6.45) is 2.51. The van der Waals surface area contributed by atoms with E-state index in [1.54, 1.807) is 9.21 Å². The zero-order valence-electron chi connectivity index (χ0n) is 26.8. The third-order valence-corrected chi connectivity index (χ3v) is 9.99. The number of aliphatic hydroxyl groups is 1. The highest BCUT2D eigenvalue weighted by Gasteiger charge is 2.46. The maximum absolute atomic E-state index is 14.1. The number of nitrogens with zero attached hydrogens (tertiary/aromatic N) is 2. The van der Waals surface area contributed by atoms with Crippen molar-refractivity contribution in [2.45, 2.75) is 111 Å². The molecule has 4 amide bonds. The third-order valence-electron chi connectivity index (χ3n) is 8.74. The van der Waals surface area contributed by atoms with Gasteiger partial charge in [0.2, 0.25) is 11.7 Å². The first-order valence-electron chi connectivity index (χ1n) is 15.5. The van der Waals surface area contributed by atoms with Gasteiger partial charge in [-0.05, 0) is 41.9 Å². The SMILES string of the molecule is C[C@H]1CCN(C(=O)[C@@H](NC(=O)N[C@H](CN2CCCNS2=O)C(C)(C)C)C(C)(C)C)[C@@H]1C(O)NC(CC1CC1)C(=O)C(N)=O. The number of carbonyl (C=O) groups excluding carboxylic acids is 4. The van der Waals surface area contributed by atoms with Crippen LogP contribution in [0.1, 0.15) is 80.6 Å². The number of carbonyl (C=O) groups is 4. The molecule has 3 unspecified atom stereocenters. The van der Waals surface area contributed by atoms with Gasteiger partial charge in [0.15, 0.2) is 11.2 Å². The number of likely N-dealkylation sites (tertiary alicyclic amines) is 1. The monoisotopic (exact) mass is 627 g/mol. The van der Waals surface area contributed by atoms with Gasteiger partial charge in [0.25, 0.3) is 5.91 Å². The first-order valence-corrected chi connectivity index (χ1v) is 16.6. The minimum Gasteiger partial charge on any atom is -0.376 e. The van der Waals surface area contributed by atoms with Gasteiger partial charge in [-0.25, -0.2) is 18.0 Å². The first kappa shape index (κ1) is 35.4. The molecule has 2 heterocycles. The number of amides is 4. The molecular formula is C29H53N7O6S. The number of primary amides is 1. The zero-order valence-corrected chi connectivity index (χ0v) is 27.6. The normalized spacial score (nSPS) is 26.3. The quantitative estimate of drug-likeness (QED) is 0.133.